The van der Waals surface area contributed by atoms with E-state index >= 15 is 0 Å². The zero-order chi connectivity index (χ0) is 21.4. The third-order valence-electron chi connectivity index (χ3n) is 5.15. The summed E-state index contributed by atoms with van der Waals surface area (Å²) in [5, 5.41) is 3.26. The van der Waals surface area contributed by atoms with Gasteiger partial charge in [0.15, 0.2) is 5.96 Å². The molecule has 1 heterocycles. The summed E-state index contributed by atoms with van der Waals surface area (Å²) in [5.41, 5.74) is 7.75. The first kappa shape index (κ1) is 26.7. The van der Waals surface area contributed by atoms with Gasteiger partial charge in [-0.05, 0) is 50.8 Å². The molecular formula is C23H39IN4O2. The maximum atomic E-state index is 12.7. The number of carbonyl (C=O) groups is 1. The zero-order valence-electron chi connectivity index (χ0n) is 19.1. The van der Waals surface area contributed by atoms with Gasteiger partial charge in [-0.2, -0.15) is 0 Å². The number of hydrogen-bond donors (Lipinski definition) is 2. The molecule has 1 aliphatic rings. The summed E-state index contributed by atoms with van der Waals surface area (Å²) in [4.78, 5) is 19.0. The number of carbonyl (C=O) groups excluding carboxylic acids is 1. The predicted molar refractivity (Wildman–Crippen MR) is 134 cm³/mol. The number of hydrogen-bond acceptors (Lipinski definition) is 3. The van der Waals surface area contributed by atoms with Crippen LogP contribution in [0, 0.1) is 5.92 Å². The molecule has 30 heavy (non-hydrogen) atoms. The van der Waals surface area contributed by atoms with E-state index in [1.807, 2.05) is 43.0 Å². The fraction of sp³-hybridized carbons (Fsp3) is 0.652. The lowest BCUT2D eigenvalue weighted by Gasteiger charge is -2.35. The van der Waals surface area contributed by atoms with E-state index < -0.39 is 0 Å². The van der Waals surface area contributed by atoms with E-state index in [9.17, 15) is 4.79 Å². The monoisotopic (exact) mass is 530 g/mol. The van der Waals surface area contributed by atoms with Gasteiger partial charge in [-0.15, -0.1) is 24.0 Å². The number of ether oxygens (including phenoxy) is 1. The van der Waals surface area contributed by atoms with Crippen molar-refractivity contribution in [3.63, 3.8) is 0 Å². The average Bonchev–Trinajstić information content (AvgIpc) is 2.65. The van der Waals surface area contributed by atoms with Crippen LogP contribution < -0.4 is 11.1 Å². The molecule has 0 saturated carbocycles. The van der Waals surface area contributed by atoms with E-state index in [4.69, 9.17) is 10.5 Å². The molecular weight excluding hydrogens is 491 g/mol. The molecule has 1 fully saturated rings. The number of nitrogens with one attached hydrogen (secondary N) is 1. The highest BCUT2D eigenvalue weighted by atomic mass is 127. The number of rotatable bonds is 8. The molecule has 1 aromatic carbocycles. The van der Waals surface area contributed by atoms with Gasteiger partial charge in [-0.1, -0.05) is 38.8 Å². The van der Waals surface area contributed by atoms with Crippen LogP contribution in [0.4, 0.5) is 0 Å². The summed E-state index contributed by atoms with van der Waals surface area (Å²) in [5.74, 6) is 1.26. The maximum absolute atomic E-state index is 12.7. The van der Waals surface area contributed by atoms with Gasteiger partial charge in [0.1, 0.15) is 0 Å². The van der Waals surface area contributed by atoms with Crippen molar-refractivity contribution in [1.29, 1.82) is 0 Å². The van der Waals surface area contributed by atoms with Gasteiger partial charge in [0, 0.05) is 24.7 Å². The van der Waals surface area contributed by atoms with Crippen LogP contribution in [0.15, 0.2) is 29.3 Å². The minimum atomic E-state index is 0. The lowest BCUT2D eigenvalue weighted by molar-refractivity contribution is -0.0586. The van der Waals surface area contributed by atoms with Crippen LogP contribution in [0.5, 0.6) is 0 Å². The Kier molecular flexibility index (Phi) is 11.7. The average molecular weight is 530 g/mol. The van der Waals surface area contributed by atoms with Gasteiger partial charge >= 0.3 is 0 Å². The molecule has 7 heteroatoms. The van der Waals surface area contributed by atoms with Gasteiger partial charge in [-0.25, -0.2) is 4.99 Å². The van der Waals surface area contributed by atoms with E-state index in [-0.39, 0.29) is 42.1 Å². The number of amides is 1. The molecule has 3 N–H and O–H groups in total. The molecule has 0 aliphatic carbocycles. The summed E-state index contributed by atoms with van der Waals surface area (Å²) >= 11 is 0. The molecule has 3 atom stereocenters. The zero-order valence-corrected chi connectivity index (χ0v) is 21.4. The summed E-state index contributed by atoms with van der Waals surface area (Å²) in [6.45, 7) is 12.4. The second-order valence-corrected chi connectivity index (χ2v) is 8.74. The van der Waals surface area contributed by atoms with Crippen LogP contribution in [-0.4, -0.2) is 48.1 Å². The topological polar surface area (TPSA) is 79.9 Å². The number of aliphatic imine (C=N–C) groups is 1. The third-order valence-corrected chi connectivity index (χ3v) is 5.15. The summed E-state index contributed by atoms with van der Waals surface area (Å²) in [6.07, 6.45) is 3.65. The lowest BCUT2D eigenvalue weighted by atomic mass is 10.0. The van der Waals surface area contributed by atoms with Crippen molar-refractivity contribution in [2.75, 3.05) is 13.1 Å². The maximum Gasteiger partial charge on any atom is 0.254 e. The van der Waals surface area contributed by atoms with E-state index in [2.05, 4.69) is 31.1 Å². The lowest BCUT2D eigenvalue weighted by Crippen LogP contribution is -2.48. The first-order chi connectivity index (χ1) is 13.7. The van der Waals surface area contributed by atoms with Crippen molar-refractivity contribution in [3.05, 3.63) is 35.4 Å². The molecule has 1 aromatic rings. The Bertz CT molecular complexity index is 668. The summed E-state index contributed by atoms with van der Waals surface area (Å²) in [7, 11) is 0. The molecule has 6 nitrogen and oxygen atoms in total. The second kappa shape index (κ2) is 13.1. The molecule has 0 aromatic heterocycles. The third kappa shape index (κ3) is 9.20. The van der Waals surface area contributed by atoms with Crippen molar-refractivity contribution in [1.82, 2.24) is 10.2 Å². The minimum absolute atomic E-state index is 0. The SMILES string of the molecule is CC(C)CCCC(C)NC(N)=NCc1ccc(C(=O)N2CC(C)OC(C)C2)cc1.I. The molecule has 0 spiro atoms. The van der Waals surface area contributed by atoms with Crippen LogP contribution in [-0.2, 0) is 11.3 Å². The predicted octanol–water partition coefficient (Wildman–Crippen LogP) is 4.17. The Morgan fingerprint density at radius 1 is 1.17 bits per heavy atom. The molecule has 3 unspecified atom stereocenters. The van der Waals surface area contributed by atoms with Crippen LogP contribution in [0.3, 0.4) is 0 Å². The van der Waals surface area contributed by atoms with Crippen LogP contribution >= 0.6 is 24.0 Å². The van der Waals surface area contributed by atoms with E-state index in [0.29, 0.717) is 37.2 Å². The molecule has 2 rings (SSSR count). The van der Waals surface area contributed by atoms with Gasteiger partial charge in [-0.3, -0.25) is 4.79 Å². The van der Waals surface area contributed by atoms with Gasteiger partial charge < -0.3 is 20.7 Å². The first-order valence-corrected chi connectivity index (χ1v) is 10.8. The van der Waals surface area contributed by atoms with Crippen LogP contribution in [0.1, 0.15) is 69.8 Å². The molecule has 1 amide bonds. The molecule has 0 bridgehead atoms. The minimum Gasteiger partial charge on any atom is -0.372 e. The van der Waals surface area contributed by atoms with Gasteiger partial charge in [0.2, 0.25) is 0 Å². The molecule has 170 valence electrons. The van der Waals surface area contributed by atoms with Gasteiger partial charge in [0.25, 0.3) is 5.91 Å². The van der Waals surface area contributed by atoms with E-state index in [0.717, 1.165) is 17.9 Å². The first-order valence-electron chi connectivity index (χ1n) is 10.8. The highest BCUT2D eigenvalue weighted by molar-refractivity contribution is 14.0. The number of morpholine rings is 1. The number of nitrogens with two attached hydrogens (primary N) is 1. The Labute approximate surface area is 199 Å². The normalized spacial score (nSPS) is 20.6. The highest BCUT2D eigenvalue weighted by Gasteiger charge is 2.26. The summed E-state index contributed by atoms with van der Waals surface area (Å²) < 4.78 is 5.71. The molecule has 0 radical (unpaired) electrons. The number of guanidine groups is 1. The second-order valence-electron chi connectivity index (χ2n) is 8.74. The van der Waals surface area contributed by atoms with Crippen molar-refractivity contribution < 1.29 is 9.53 Å². The Morgan fingerprint density at radius 3 is 2.33 bits per heavy atom. The smallest absolute Gasteiger partial charge is 0.254 e. The fourth-order valence-electron chi connectivity index (χ4n) is 3.66. The Morgan fingerprint density at radius 2 is 1.77 bits per heavy atom. The molecule has 1 aliphatic heterocycles. The van der Waals surface area contributed by atoms with E-state index in [1.54, 1.807) is 0 Å². The standard InChI is InChI=1S/C23H38N4O2.HI/c1-16(2)7-6-8-17(3)26-23(24)25-13-20-9-11-21(12-10-20)22(28)27-14-18(4)29-19(5)15-27;/h9-12,16-19H,6-8,13-15H2,1-5H3,(H3,24,25,26);1H. The van der Waals surface area contributed by atoms with Crippen molar-refractivity contribution in [2.24, 2.45) is 16.6 Å². The van der Waals surface area contributed by atoms with Crippen molar-refractivity contribution in [3.8, 4) is 0 Å². The van der Waals surface area contributed by atoms with E-state index in [1.165, 1.54) is 12.8 Å². The van der Waals surface area contributed by atoms with Crippen molar-refractivity contribution >= 4 is 35.8 Å². The fourth-order valence-corrected chi connectivity index (χ4v) is 3.66. The Hall–Kier alpha value is -1.35. The van der Waals surface area contributed by atoms with Crippen molar-refractivity contribution in [2.45, 2.75) is 78.7 Å². The van der Waals surface area contributed by atoms with Gasteiger partial charge in [0.05, 0.1) is 18.8 Å². The number of nitrogens with zero attached hydrogens (tertiary/aromatic N) is 2. The van der Waals surface area contributed by atoms with Crippen LogP contribution in [0.2, 0.25) is 0 Å². The number of benzene rings is 1. The Balaban J connectivity index is 0.00000450. The largest absolute Gasteiger partial charge is 0.372 e. The quantitative estimate of drug-likeness (QED) is 0.301. The van der Waals surface area contributed by atoms with Crippen LogP contribution in [0.25, 0.3) is 0 Å². The highest BCUT2D eigenvalue weighted by Crippen LogP contribution is 2.15. The summed E-state index contributed by atoms with van der Waals surface area (Å²) in [6, 6.07) is 7.95. The number of halogens is 1. The molecule has 1 saturated heterocycles.